The maximum atomic E-state index is 11.2. The molecule has 0 saturated carbocycles. The van der Waals surface area contributed by atoms with E-state index in [1.807, 2.05) is 12.1 Å². The lowest BCUT2D eigenvalue weighted by molar-refractivity contribution is -0.114. The third kappa shape index (κ3) is 1.20. The van der Waals surface area contributed by atoms with Crippen LogP contribution in [0.5, 0.6) is 0 Å². The molecular weight excluding hydrogens is 218 g/mol. The maximum Gasteiger partial charge on any atom is 0.174 e. The Labute approximate surface area is 78.4 Å². The smallest absolute Gasteiger partial charge is 0.174 e. The summed E-state index contributed by atoms with van der Waals surface area (Å²) in [5, 5.41) is 0. The Morgan fingerprint density at radius 1 is 1.50 bits per heavy atom. The van der Waals surface area contributed by atoms with Crippen LogP contribution < -0.4 is 0 Å². The number of rotatable bonds is 0. The minimum atomic E-state index is 0.121. The molecule has 1 aliphatic rings. The van der Waals surface area contributed by atoms with Gasteiger partial charge in [0.1, 0.15) is 0 Å². The summed E-state index contributed by atoms with van der Waals surface area (Å²) in [6.07, 6.45) is 3.95. The highest BCUT2D eigenvalue weighted by molar-refractivity contribution is 9.12. The van der Waals surface area contributed by atoms with Crippen LogP contribution in [0, 0.1) is 0 Å². The number of carbonyl (C=O) groups excluding carboxylic acids is 1. The predicted molar refractivity (Wildman–Crippen MR) is 49.9 cm³/mol. The molecular formula is C9H6BrNO. The van der Waals surface area contributed by atoms with Gasteiger partial charge in [-0.1, -0.05) is 6.07 Å². The number of aromatic nitrogens is 1. The van der Waals surface area contributed by atoms with E-state index in [0.717, 1.165) is 11.3 Å². The van der Waals surface area contributed by atoms with Gasteiger partial charge in [-0.15, -0.1) is 0 Å². The summed E-state index contributed by atoms with van der Waals surface area (Å²) in [5.74, 6) is 0.121. The Kier molecular flexibility index (Phi) is 1.81. The van der Waals surface area contributed by atoms with Gasteiger partial charge in [0.2, 0.25) is 0 Å². The lowest BCUT2D eigenvalue weighted by Gasteiger charge is -2.09. The first-order chi connectivity index (χ1) is 5.77. The lowest BCUT2D eigenvalue weighted by atomic mass is 10.0. The second-order valence-electron chi connectivity index (χ2n) is 2.64. The summed E-state index contributed by atoms with van der Waals surface area (Å²) in [6.45, 7) is 0. The van der Waals surface area contributed by atoms with E-state index < -0.39 is 0 Å². The Morgan fingerprint density at radius 2 is 2.33 bits per heavy atom. The van der Waals surface area contributed by atoms with E-state index in [4.69, 9.17) is 0 Å². The fraction of sp³-hybridized carbons (Fsp3) is 0.111. The molecule has 0 spiro atoms. The minimum Gasteiger partial charge on any atom is -0.293 e. The van der Waals surface area contributed by atoms with Gasteiger partial charge in [0.05, 0.1) is 10.2 Å². The van der Waals surface area contributed by atoms with E-state index in [1.165, 1.54) is 0 Å². The second kappa shape index (κ2) is 2.83. The Balaban J connectivity index is 2.56. The molecule has 1 aliphatic carbocycles. The van der Waals surface area contributed by atoms with Crippen LogP contribution in [0.1, 0.15) is 11.3 Å². The number of pyridine rings is 1. The topological polar surface area (TPSA) is 30.0 Å². The van der Waals surface area contributed by atoms with Gasteiger partial charge in [-0.05, 0) is 33.6 Å². The van der Waals surface area contributed by atoms with Crippen LogP contribution in [0.15, 0.2) is 22.8 Å². The first-order valence-corrected chi connectivity index (χ1v) is 4.41. The zero-order valence-electron chi connectivity index (χ0n) is 6.25. The third-order valence-corrected chi connectivity index (χ3v) is 2.48. The van der Waals surface area contributed by atoms with Gasteiger partial charge in [-0.25, -0.2) is 0 Å². The molecule has 60 valence electrons. The van der Waals surface area contributed by atoms with Gasteiger partial charge in [0, 0.05) is 12.6 Å². The van der Waals surface area contributed by atoms with Gasteiger partial charge in [0.15, 0.2) is 5.78 Å². The van der Waals surface area contributed by atoms with Crippen molar-refractivity contribution in [3.05, 3.63) is 34.1 Å². The van der Waals surface area contributed by atoms with Crippen LogP contribution in [0.4, 0.5) is 0 Å². The van der Waals surface area contributed by atoms with Gasteiger partial charge in [-0.2, -0.15) is 0 Å². The molecule has 0 fully saturated rings. The van der Waals surface area contributed by atoms with Crippen LogP contribution in [0.3, 0.4) is 0 Å². The molecule has 0 amide bonds. The average molecular weight is 224 g/mol. The quantitative estimate of drug-likeness (QED) is 0.674. The summed E-state index contributed by atoms with van der Waals surface area (Å²) >= 11 is 3.20. The third-order valence-electron chi connectivity index (χ3n) is 1.81. The number of nitrogens with zero attached hydrogens (tertiary/aromatic N) is 1. The van der Waals surface area contributed by atoms with Crippen LogP contribution in [-0.4, -0.2) is 10.8 Å². The van der Waals surface area contributed by atoms with Crippen molar-refractivity contribution in [2.75, 3.05) is 0 Å². The highest BCUT2D eigenvalue weighted by atomic mass is 79.9. The molecule has 0 bridgehead atoms. The molecule has 1 heterocycles. The molecule has 0 atom stereocenters. The molecule has 2 rings (SSSR count). The summed E-state index contributed by atoms with van der Waals surface area (Å²) in [5.41, 5.74) is 1.90. The summed E-state index contributed by atoms with van der Waals surface area (Å²) in [4.78, 5) is 15.4. The zero-order chi connectivity index (χ0) is 8.55. The molecule has 0 radical (unpaired) electrons. The number of ketones is 1. The first-order valence-electron chi connectivity index (χ1n) is 3.61. The van der Waals surface area contributed by atoms with Crippen molar-refractivity contribution in [1.82, 2.24) is 4.98 Å². The van der Waals surface area contributed by atoms with E-state index in [1.54, 1.807) is 12.3 Å². The predicted octanol–water partition coefficient (Wildman–Crippen LogP) is 1.94. The molecule has 3 heteroatoms. The highest BCUT2D eigenvalue weighted by Gasteiger charge is 2.16. The first kappa shape index (κ1) is 7.68. The van der Waals surface area contributed by atoms with Gasteiger partial charge >= 0.3 is 0 Å². The minimum absolute atomic E-state index is 0.121. The monoisotopic (exact) mass is 223 g/mol. The van der Waals surface area contributed by atoms with E-state index in [9.17, 15) is 4.79 Å². The number of fused-ring (bicyclic) bond motifs is 1. The van der Waals surface area contributed by atoms with E-state index in [2.05, 4.69) is 20.9 Å². The van der Waals surface area contributed by atoms with Crippen LogP contribution in [0.25, 0.3) is 6.08 Å². The Hall–Kier alpha value is -0.960. The fourth-order valence-corrected chi connectivity index (χ4v) is 1.55. The molecule has 0 unspecified atom stereocenters. The van der Waals surface area contributed by atoms with Gasteiger partial charge in [-0.3, -0.25) is 9.78 Å². The van der Waals surface area contributed by atoms with E-state index >= 15 is 0 Å². The molecule has 0 saturated heterocycles. The average Bonchev–Trinajstić information content (AvgIpc) is 2.07. The van der Waals surface area contributed by atoms with Crippen molar-refractivity contribution in [2.45, 2.75) is 6.42 Å². The molecule has 1 aromatic heterocycles. The largest absolute Gasteiger partial charge is 0.293 e. The van der Waals surface area contributed by atoms with Crippen LogP contribution >= 0.6 is 15.9 Å². The van der Waals surface area contributed by atoms with Crippen molar-refractivity contribution in [3.8, 4) is 0 Å². The van der Waals surface area contributed by atoms with E-state index in [0.29, 0.717) is 10.9 Å². The second-order valence-corrected chi connectivity index (χ2v) is 3.49. The molecule has 1 aromatic rings. The summed E-state index contributed by atoms with van der Waals surface area (Å²) < 4.78 is 0.619. The van der Waals surface area contributed by atoms with Crippen molar-refractivity contribution < 1.29 is 4.79 Å². The van der Waals surface area contributed by atoms with Crippen molar-refractivity contribution >= 4 is 27.8 Å². The normalized spacial score (nSPS) is 15.4. The highest BCUT2D eigenvalue weighted by Crippen LogP contribution is 2.22. The molecule has 0 N–H and O–H groups in total. The Morgan fingerprint density at radius 3 is 3.17 bits per heavy atom. The number of allylic oxidation sites excluding steroid dienone is 1. The van der Waals surface area contributed by atoms with Crippen molar-refractivity contribution in [1.29, 1.82) is 0 Å². The SMILES string of the molecule is O=C1Cc2cccnc2C=C1Br. The van der Waals surface area contributed by atoms with E-state index in [-0.39, 0.29) is 5.78 Å². The number of Topliss-reactive ketones (excluding diaryl/α,β-unsaturated/α-hetero) is 1. The zero-order valence-corrected chi connectivity index (χ0v) is 7.84. The molecule has 0 aliphatic heterocycles. The molecule has 0 aromatic carbocycles. The van der Waals surface area contributed by atoms with Crippen molar-refractivity contribution in [3.63, 3.8) is 0 Å². The summed E-state index contributed by atoms with van der Waals surface area (Å²) in [6, 6.07) is 3.77. The number of carbonyl (C=O) groups is 1. The number of hydrogen-bond acceptors (Lipinski definition) is 2. The molecule has 2 nitrogen and oxygen atoms in total. The van der Waals surface area contributed by atoms with Crippen LogP contribution in [0.2, 0.25) is 0 Å². The number of hydrogen-bond donors (Lipinski definition) is 0. The van der Waals surface area contributed by atoms with Crippen molar-refractivity contribution in [2.24, 2.45) is 0 Å². The Bertz CT molecular complexity index is 371. The van der Waals surface area contributed by atoms with Gasteiger partial charge < -0.3 is 0 Å². The fourth-order valence-electron chi connectivity index (χ4n) is 1.19. The lowest BCUT2D eigenvalue weighted by Crippen LogP contribution is -2.09. The molecule has 12 heavy (non-hydrogen) atoms. The van der Waals surface area contributed by atoms with Gasteiger partial charge in [0.25, 0.3) is 0 Å². The summed E-state index contributed by atoms with van der Waals surface area (Å²) in [7, 11) is 0. The maximum absolute atomic E-state index is 11.2. The standard InChI is InChI=1S/C9H6BrNO/c10-7-5-8-6(4-9(7)12)2-1-3-11-8/h1-3,5H,4H2. The van der Waals surface area contributed by atoms with Crippen LogP contribution in [-0.2, 0) is 11.2 Å². The number of halogens is 1.